The summed E-state index contributed by atoms with van der Waals surface area (Å²) < 4.78 is 6.97. The number of H-pyrrole nitrogens is 1. The molecule has 140 valence electrons. The molecule has 0 amide bonds. The van der Waals surface area contributed by atoms with Gasteiger partial charge in [0.2, 0.25) is 0 Å². The Morgan fingerprint density at radius 1 is 1.52 bits per heavy atom. The van der Waals surface area contributed by atoms with E-state index in [9.17, 15) is 10.2 Å². The van der Waals surface area contributed by atoms with Crippen LogP contribution in [-0.4, -0.2) is 54.4 Å². The predicted molar refractivity (Wildman–Crippen MR) is 97.7 cm³/mol. The Balaban J connectivity index is 1.40. The lowest BCUT2D eigenvalue weighted by molar-refractivity contribution is -0.0205. The number of aryl methyl sites for hydroxylation is 1. The maximum Gasteiger partial charge on any atom is 0.190 e. The zero-order valence-electron chi connectivity index (χ0n) is 14.7. The second kappa shape index (κ2) is 4.45. The molecule has 3 aromatic heterocycles. The number of halogens is 1. The minimum Gasteiger partial charge on any atom is -0.484 e. The number of fused-ring (bicyclic) bond motifs is 4. The number of ether oxygens (including phenoxy) is 1. The number of rotatable bonds is 3. The van der Waals surface area contributed by atoms with Crippen LogP contribution in [0, 0.1) is 35.5 Å². The van der Waals surface area contributed by atoms with Crippen molar-refractivity contribution in [3.05, 3.63) is 23.2 Å². The van der Waals surface area contributed by atoms with Crippen LogP contribution in [0.25, 0.3) is 22.1 Å². The average molecular weight is 388 g/mol. The Bertz CT molecular complexity index is 1170. The highest BCUT2D eigenvalue weighted by Crippen LogP contribution is 2.94. The van der Waals surface area contributed by atoms with E-state index in [1.165, 1.54) is 7.11 Å². The summed E-state index contributed by atoms with van der Waals surface area (Å²) in [6, 6.07) is 1.94. The van der Waals surface area contributed by atoms with E-state index in [2.05, 4.69) is 15.0 Å². The first-order valence-electron chi connectivity index (χ1n) is 8.90. The number of aliphatic hydroxyl groups excluding tert-OH is 1. The third-order valence-electron chi connectivity index (χ3n) is 7.05. The van der Waals surface area contributed by atoms with Crippen LogP contribution in [0.1, 0.15) is 5.69 Å². The molecular formula is C18H18ClN5O3. The summed E-state index contributed by atoms with van der Waals surface area (Å²) in [7, 11) is 1.44. The molecule has 4 aliphatic carbocycles. The standard InChI is InChI=1S/C18H18ClN5O3/c1-6-3-7-10(22-6)11-15(23-14(7)19)24(5-21-11)4-8-9-12-17(9,16(20)27-2)18(12,26)13(8)25/h3,5,8-9,12-13,20,22,25-26H,4H2,1-2H3/t8?,9-,12?,13-,17-,18+/m0/s1. The van der Waals surface area contributed by atoms with E-state index >= 15 is 0 Å². The lowest BCUT2D eigenvalue weighted by atomic mass is 10.00. The molecule has 0 saturated heterocycles. The Kier molecular flexibility index (Phi) is 2.62. The summed E-state index contributed by atoms with van der Waals surface area (Å²) in [6.45, 7) is 2.41. The molecule has 3 aromatic rings. The van der Waals surface area contributed by atoms with Crippen molar-refractivity contribution in [1.82, 2.24) is 19.5 Å². The van der Waals surface area contributed by atoms with Crippen molar-refractivity contribution in [1.29, 1.82) is 5.41 Å². The summed E-state index contributed by atoms with van der Waals surface area (Å²) in [5, 5.41) is 30.8. The van der Waals surface area contributed by atoms with E-state index in [0.717, 1.165) is 22.1 Å². The van der Waals surface area contributed by atoms with Crippen molar-refractivity contribution in [2.75, 3.05) is 7.11 Å². The number of nitrogens with one attached hydrogen (secondary N) is 2. The first-order chi connectivity index (χ1) is 12.9. The summed E-state index contributed by atoms with van der Waals surface area (Å²) in [4.78, 5) is 12.3. The molecule has 3 heterocycles. The number of imidazole rings is 1. The van der Waals surface area contributed by atoms with Crippen molar-refractivity contribution < 1.29 is 14.9 Å². The van der Waals surface area contributed by atoms with E-state index in [1.54, 1.807) is 6.33 Å². The van der Waals surface area contributed by atoms with Gasteiger partial charge >= 0.3 is 0 Å². The van der Waals surface area contributed by atoms with Gasteiger partial charge in [-0.3, -0.25) is 5.41 Å². The number of aliphatic hydroxyl groups is 2. The van der Waals surface area contributed by atoms with Crippen LogP contribution in [0.2, 0.25) is 5.15 Å². The van der Waals surface area contributed by atoms with E-state index in [4.69, 9.17) is 21.7 Å². The normalized spacial score (nSPS) is 38.4. The summed E-state index contributed by atoms with van der Waals surface area (Å²) >= 11 is 6.36. The van der Waals surface area contributed by atoms with E-state index < -0.39 is 17.1 Å². The molecule has 0 aromatic carbocycles. The predicted octanol–water partition coefficient (Wildman–Crippen LogP) is 1.47. The number of methoxy groups -OCH3 is 1. The van der Waals surface area contributed by atoms with E-state index in [1.807, 2.05) is 17.6 Å². The lowest BCUT2D eigenvalue weighted by Gasteiger charge is -2.18. The van der Waals surface area contributed by atoms with Gasteiger partial charge in [-0.05, 0) is 18.9 Å². The zero-order chi connectivity index (χ0) is 18.9. The van der Waals surface area contributed by atoms with Gasteiger partial charge in [0, 0.05) is 29.5 Å². The SMILES string of the molecule is COC(=N)[C@@]12C3[C@@H]1C(Cn1cnc4c5[nH]c(C)cc5c(Cl)nc41)[C@H](O)[C@]32O. The fourth-order valence-corrected chi connectivity index (χ4v) is 6.14. The van der Waals surface area contributed by atoms with Gasteiger partial charge in [0.15, 0.2) is 11.5 Å². The van der Waals surface area contributed by atoms with Gasteiger partial charge in [-0.15, -0.1) is 0 Å². The van der Waals surface area contributed by atoms with Gasteiger partial charge in [0.1, 0.15) is 16.3 Å². The van der Waals surface area contributed by atoms with Crippen molar-refractivity contribution in [2.24, 2.45) is 23.2 Å². The number of hydrogen-bond acceptors (Lipinski definition) is 6. The smallest absolute Gasteiger partial charge is 0.190 e. The molecule has 4 saturated carbocycles. The summed E-state index contributed by atoms with van der Waals surface area (Å²) in [6.07, 6.45) is 0.798. The Morgan fingerprint density at radius 2 is 2.30 bits per heavy atom. The Labute approximate surface area is 158 Å². The highest BCUT2D eigenvalue weighted by Gasteiger charge is 3.06. The van der Waals surface area contributed by atoms with Gasteiger partial charge in [-0.1, -0.05) is 11.6 Å². The van der Waals surface area contributed by atoms with Crippen molar-refractivity contribution in [2.45, 2.75) is 25.2 Å². The monoisotopic (exact) mass is 387 g/mol. The molecule has 4 aliphatic rings. The third-order valence-corrected chi connectivity index (χ3v) is 7.34. The molecule has 27 heavy (non-hydrogen) atoms. The maximum atomic E-state index is 10.8. The van der Waals surface area contributed by atoms with Crippen LogP contribution in [0.3, 0.4) is 0 Å². The number of aromatic nitrogens is 4. The van der Waals surface area contributed by atoms with E-state index in [0.29, 0.717) is 17.3 Å². The summed E-state index contributed by atoms with van der Waals surface area (Å²) in [5.74, 6) is -0.146. The second-order valence-electron chi connectivity index (χ2n) is 8.05. The van der Waals surface area contributed by atoms with Crippen molar-refractivity contribution in [3.63, 3.8) is 0 Å². The fourth-order valence-electron chi connectivity index (χ4n) is 5.91. The van der Waals surface area contributed by atoms with Gasteiger partial charge < -0.3 is 24.5 Å². The minimum atomic E-state index is -1.22. The number of pyridine rings is 1. The van der Waals surface area contributed by atoms with Crippen LogP contribution < -0.4 is 0 Å². The quantitative estimate of drug-likeness (QED) is 0.308. The maximum absolute atomic E-state index is 10.8. The van der Waals surface area contributed by atoms with Crippen molar-refractivity contribution in [3.8, 4) is 0 Å². The highest BCUT2D eigenvalue weighted by atomic mass is 35.5. The van der Waals surface area contributed by atoms with Crippen molar-refractivity contribution >= 4 is 39.6 Å². The van der Waals surface area contributed by atoms with Crippen LogP contribution in [0.4, 0.5) is 0 Å². The molecule has 6 atom stereocenters. The molecule has 4 fully saturated rings. The first kappa shape index (κ1) is 15.9. The molecule has 4 N–H and O–H groups in total. The fraction of sp³-hybridized carbons (Fsp3) is 0.500. The van der Waals surface area contributed by atoms with Gasteiger partial charge in [-0.25, -0.2) is 9.97 Å². The molecule has 0 radical (unpaired) electrons. The number of nitrogens with zero attached hydrogens (tertiary/aromatic N) is 3. The third kappa shape index (κ3) is 1.47. The van der Waals surface area contributed by atoms with Crippen LogP contribution in [0.15, 0.2) is 12.4 Å². The molecule has 2 bridgehead atoms. The molecule has 7 rings (SSSR count). The van der Waals surface area contributed by atoms with Gasteiger partial charge in [0.05, 0.1) is 30.5 Å². The Morgan fingerprint density at radius 3 is 3.00 bits per heavy atom. The second-order valence-corrected chi connectivity index (χ2v) is 8.41. The minimum absolute atomic E-state index is 0.0503. The van der Waals surface area contributed by atoms with Gasteiger partial charge in [0.25, 0.3) is 0 Å². The molecular weight excluding hydrogens is 370 g/mol. The number of aromatic amines is 1. The topological polar surface area (TPSA) is 120 Å². The molecule has 0 aliphatic heterocycles. The lowest BCUT2D eigenvalue weighted by Crippen LogP contribution is -2.35. The van der Waals surface area contributed by atoms with Crippen LogP contribution >= 0.6 is 11.6 Å². The summed E-state index contributed by atoms with van der Waals surface area (Å²) in [5.41, 5.74) is 1.28. The van der Waals surface area contributed by atoms with Crippen LogP contribution in [0.5, 0.6) is 0 Å². The molecule has 8 nitrogen and oxygen atoms in total. The Hall–Kier alpha value is -2.16. The molecule has 2 unspecified atom stereocenters. The number of hydrogen-bond donors (Lipinski definition) is 4. The van der Waals surface area contributed by atoms with Gasteiger partial charge in [-0.2, -0.15) is 0 Å². The molecule has 9 heteroatoms. The average Bonchev–Trinajstić information content (AvgIpc) is 3.21. The first-order valence-corrected chi connectivity index (χ1v) is 9.28. The van der Waals surface area contributed by atoms with E-state index in [-0.39, 0.29) is 23.7 Å². The molecule has 0 spiro atoms. The van der Waals surface area contributed by atoms with Crippen LogP contribution in [-0.2, 0) is 11.3 Å². The zero-order valence-corrected chi connectivity index (χ0v) is 15.4. The largest absolute Gasteiger partial charge is 0.484 e. The highest BCUT2D eigenvalue weighted by molar-refractivity contribution is 6.35.